The molecule has 1 atom stereocenters. The summed E-state index contributed by atoms with van der Waals surface area (Å²) in [6, 6.07) is 10.4. The van der Waals surface area contributed by atoms with Crippen LogP contribution in [-0.4, -0.2) is 20.7 Å². The van der Waals surface area contributed by atoms with E-state index in [1.807, 2.05) is 35.8 Å². The Balaban J connectivity index is 1.64. The standard InChI is InChI=1S/C20H23N3S2/c1-2-13-24-17-11-12-21-19-14(17)7-3-6-10-18(19)25-20-22-15-8-4-5-9-16(15)23-20/h4-5,8-9,11-12,18H,2-3,6-7,10,13H2,1H3,(H,22,23). The van der Waals surface area contributed by atoms with Crippen LogP contribution >= 0.6 is 23.5 Å². The molecular formula is C20H23N3S2. The average molecular weight is 370 g/mol. The van der Waals surface area contributed by atoms with Crippen LogP contribution in [0, 0.1) is 0 Å². The number of hydrogen-bond acceptors (Lipinski definition) is 4. The highest BCUT2D eigenvalue weighted by Gasteiger charge is 2.24. The number of thioether (sulfide) groups is 2. The molecule has 1 aromatic carbocycles. The summed E-state index contributed by atoms with van der Waals surface area (Å²) >= 11 is 3.82. The van der Waals surface area contributed by atoms with E-state index in [1.54, 1.807) is 0 Å². The highest BCUT2D eigenvalue weighted by Crippen LogP contribution is 2.43. The molecule has 5 heteroatoms. The minimum absolute atomic E-state index is 0.389. The Kier molecular flexibility index (Phi) is 5.32. The lowest BCUT2D eigenvalue weighted by atomic mass is 10.1. The molecule has 130 valence electrons. The highest BCUT2D eigenvalue weighted by molar-refractivity contribution is 7.99. The summed E-state index contributed by atoms with van der Waals surface area (Å²) in [5.41, 5.74) is 4.91. The quantitative estimate of drug-likeness (QED) is 0.441. The molecule has 1 N–H and O–H groups in total. The zero-order valence-electron chi connectivity index (χ0n) is 14.5. The molecule has 25 heavy (non-hydrogen) atoms. The van der Waals surface area contributed by atoms with Gasteiger partial charge in [-0.15, -0.1) is 11.8 Å². The minimum atomic E-state index is 0.389. The lowest BCUT2D eigenvalue weighted by molar-refractivity contribution is 0.698. The molecule has 0 fully saturated rings. The van der Waals surface area contributed by atoms with E-state index in [0.717, 1.165) is 22.6 Å². The zero-order valence-corrected chi connectivity index (χ0v) is 16.1. The number of aromatic nitrogens is 3. The summed E-state index contributed by atoms with van der Waals surface area (Å²) in [6.45, 7) is 2.24. The van der Waals surface area contributed by atoms with Crippen molar-refractivity contribution < 1.29 is 0 Å². The first-order chi connectivity index (χ1) is 12.3. The van der Waals surface area contributed by atoms with E-state index >= 15 is 0 Å². The summed E-state index contributed by atoms with van der Waals surface area (Å²) in [4.78, 5) is 14.5. The van der Waals surface area contributed by atoms with Gasteiger partial charge in [0.2, 0.25) is 0 Å². The Bertz CT molecular complexity index is 826. The fourth-order valence-corrected chi connectivity index (χ4v) is 5.52. The van der Waals surface area contributed by atoms with Crippen LogP contribution in [0.25, 0.3) is 11.0 Å². The maximum absolute atomic E-state index is 4.80. The second-order valence-electron chi connectivity index (χ2n) is 6.43. The Morgan fingerprint density at radius 1 is 1.20 bits per heavy atom. The lowest BCUT2D eigenvalue weighted by Crippen LogP contribution is -2.02. The molecule has 1 aliphatic rings. The molecule has 1 aliphatic carbocycles. The Morgan fingerprint density at radius 2 is 2.12 bits per heavy atom. The first kappa shape index (κ1) is 17.0. The minimum Gasteiger partial charge on any atom is -0.333 e. The average Bonchev–Trinajstić information content (AvgIpc) is 2.94. The van der Waals surface area contributed by atoms with Crippen LogP contribution in [0.1, 0.15) is 49.1 Å². The second kappa shape index (κ2) is 7.83. The van der Waals surface area contributed by atoms with Gasteiger partial charge in [0.15, 0.2) is 5.16 Å². The largest absolute Gasteiger partial charge is 0.333 e. The maximum Gasteiger partial charge on any atom is 0.167 e. The number of H-pyrrole nitrogens is 1. The molecule has 2 aromatic heterocycles. The number of fused-ring (bicyclic) bond motifs is 2. The fraction of sp³-hybridized carbons (Fsp3) is 0.400. The van der Waals surface area contributed by atoms with Crippen molar-refractivity contribution in [1.82, 2.24) is 15.0 Å². The summed E-state index contributed by atoms with van der Waals surface area (Å²) in [7, 11) is 0. The van der Waals surface area contributed by atoms with Gasteiger partial charge in [0, 0.05) is 11.1 Å². The Hall–Kier alpha value is -1.46. The van der Waals surface area contributed by atoms with E-state index in [1.165, 1.54) is 47.6 Å². The van der Waals surface area contributed by atoms with Crippen molar-refractivity contribution in [1.29, 1.82) is 0 Å². The van der Waals surface area contributed by atoms with Crippen molar-refractivity contribution in [3.63, 3.8) is 0 Å². The summed E-state index contributed by atoms with van der Waals surface area (Å²) in [5, 5.41) is 1.40. The third-order valence-electron chi connectivity index (χ3n) is 4.58. The van der Waals surface area contributed by atoms with Gasteiger partial charge in [0.25, 0.3) is 0 Å². The van der Waals surface area contributed by atoms with Crippen LogP contribution in [0.15, 0.2) is 46.6 Å². The van der Waals surface area contributed by atoms with Crippen LogP contribution in [0.4, 0.5) is 0 Å². The summed E-state index contributed by atoms with van der Waals surface area (Å²) in [6.07, 6.45) is 8.05. The van der Waals surface area contributed by atoms with Gasteiger partial charge in [0.05, 0.1) is 22.0 Å². The smallest absolute Gasteiger partial charge is 0.167 e. The summed E-state index contributed by atoms with van der Waals surface area (Å²) in [5.74, 6) is 1.18. The molecule has 0 amide bonds. The topological polar surface area (TPSA) is 41.6 Å². The van der Waals surface area contributed by atoms with Gasteiger partial charge in [-0.2, -0.15) is 0 Å². The molecule has 1 unspecified atom stereocenters. The summed E-state index contributed by atoms with van der Waals surface area (Å²) < 4.78 is 0. The van der Waals surface area contributed by atoms with Crippen molar-refractivity contribution in [3.05, 3.63) is 47.8 Å². The van der Waals surface area contributed by atoms with E-state index in [9.17, 15) is 0 Å². The van der Waals surface area contributed by atoms with Crippen LogP contribution in [0.3, 0.4) is 0 Å². The Labute approximate surface area is 157 Å². The molecule has 0 spiro atoms. The number of imidazole rings is 1. The number of nitrogens with zero attached hydrogens (tertiary/aromatic N) is 2. The highest BCUT2D eigenvalue weighted by atomic mass is 32.2. The molecule has 0 saturated heterocycles. The fourth-order valence-electron chi connectivity index (χ4n) is 3.37. The molecule has 3 nitrogen and oxygen atoms in total. The first-order valence-corrected chi connectivity index (χ1v) is 10.9. The van der Waals surface area contributed by atoms with Crippen molar-refractivity contribution in [2.24, 2.45) is 0 Å². The number of para-hydroxylation sites is 2. The van der Waals surface area contributed by atoms with Crippen LogP contribution in [0.5, 0.6) is 0 Å². The molecule has 0 bridgehead atoms. The van der Waals surface area contributed by atoms with E-state index in [4.69, 9.17) is 9.97 Å². The van der Waals surface area contributed by atoms with Crippen LogP contribution in [0.2, 0.25) is 0 Å². The maximum atomic E-state index is 4.80. The monoisotopic (exact) mass is 369 g/mol. The number of hydrogen-bond donors (Lipinski definition) is 1. The predicted octanol–water partition coefficient (Wildman–Crippen LogP) is 6.02. The van der Waals surface area contributed by atoms with Gasteiger partial charge in [-0.3, -0.25) is 4.98 Å². The molecule has 3 aromatic rings. The Morgan fingerprint density at radius 3 is 3.00 bits per heavy atom. The second-order valence-corrected chi connectivity index (χ2v) is 8.76. The van der Waals surface area contributed by atoms with Crippen molar-refractivity contribution in [2.75, 3.05) is 5.75 Å². The normalized spacial score (nSPS) is 17.4. The van der Waals surface area contributed by atoms with Crippen LogP contribution < -0.4 is 0 Å². The van der Waals surface area contributed by atoms with Crippen molar-refractivity contribution >= 4 is 34.6 Å². The van der Waals surface area contributed by atoms with Gasteiger partial charge in [-0.1, -0.05) is 37.2 Å². The number of aromatic amines is 1. The number of benzene rings is 1. The number of nitrogens with one attached hydrogen (secondary N) is 1. The molecule has 0 aliphatic heterocycles. The lowest BCUT2D eigenvalue weighted by Gasteiger charge is -2.17. The predicted molar refractivity (Wildman–Crippen MR) is 107 cm³/mol. The molecular weight excluding hydrogens is 346 g/mol. The van der Waals surface area contributed by atoms with Crippen molar-refractivity contribution in [3.8, 4) is 0 Å². The van der Waals surface area contributed by atoms with Gasteiger partial charge >= 0.3 is 0 Å². The SMILES string of the molecule is CCCSc1ccnc2c1CCCCC2Sc1nc2ccccc2[nH]1. The van der Waals surface area contributed by atoms with E-state index in [-0.39, 0.29) is 0 Å². The van der Waals surface area contributed by atoms with Gasteiger partial charge in [-0.25, -0.2) is 4.98 Å². The molecule has 0 saturated carbocycles. The molecule has 0 radical (unpaired) electrons. The van der Waals surface area contributed by atoms with Crippen LogP contribution in [-0.2, 0) is 6.42 Å². The first-order valence-electron chi connectivity index (χ1n) is 9.07. The zero-order chi connectivity index (χ0) is 17.1. The number of rotatable bonds is 5. The van der Waals surface area contributed by atoms with Gasteiger partial charge < -0.3 is 4.98 Å². The third kappa shape index (κ3) is 3.72. The van der Waals surface area contributed by atoms with E-state index < -0.39 is 0 Å². The molecule has 2 heterocycles. The van der Waals surface area contributed by atoms with E-state index in [2.05, 4.69) is 36.2 Å². The van der Waals surface area contributed by atoms with Crippen molar-refractivity contribution in [2.45, 2.75) is 54.3 Å². The number of pyridine rings is 1. The third-order valence-corrected chi connectivity index (χ3v) is 7.04. The van der Waals surface area contributed by atoms with Gasteiger partial charge in [0.1, 0.15) is 0 Å². The van der Waals surface area contributed by atoms with Gasteiger partial charge in [-0.05, 0) is 55.2 Å². The molecule has 4 rings (SSSR count). The van der Waals surface area contributed by atoms with E-state index in [0.29, 0.717) is 5.25 Å².